The molecule has 0 spiro atoms. The van der Waals surface area contributed by atoms with Gasteiger partial charge >= 0.3 is 0 Å². The Morgan fingerprint density at radius 2 is 1.84 bits per heavy atom. The summed E-state index contributed by atoms with van der Waals surface area (Å²) < 4.78 is 28.4. The van der Waals surface area contributed by atoms with Crippen LogP contribution in [0.4, 0.5) is 20.3 Å². The van der Waals surface area contributed by atoms with Crippen LogP contribution >= 0.6 is 11.6 Å². The van der Waals surface area contributed by atoms with E-state index < -0.39 is 17.5 Å². The standard InChI is InChI=1S/C26H27ClF2N6O2/c1-35-24(30)22(26(37)33-19-2-3-21(29)20(27)9-19)23(34-35)16-6-14-4-13(5-15(14)7-16)10-32-25(36)17-8-18(28)12-31-11-17/h2-3,8-9,11-16H,4-7,10,30H2,1H3,(H,32,36)(H,33,37). The fourth-order valence-electron chi connectivity index (χ4n) is 5.85. The fraction of sp³-hybridized carbons (Fsp3) is 0.385. The third kappa shape index (κ3) is 5.16. The van der Waals surface area contributed by atoms with Crippen molar-refractivity contribution in [1.82, 2.24) is 20.1 Å². The van der Waals surface area contributed by atoms with Crippen LogP contribution in [0.25, 0.3) is 0 Å². The van der Waals surface area contributed by atoms with E-state index in [4.69, 9.17) is 17.3 Å². The second-order valence-electron chi connectivity index (χ2n) is 9.98. The number of nitrogens with one attached hydrogen (secondary N) is 2. The van der Waals surface area contributed by atoms with E-state index in [-0.39, 0.29) is 28.2 Å². The highest BCUT2D eigenvalue weighted by atomic mass is 35.5. The Kier molecular flexibility index (Phi) is 6.85. The first-order chi connectivity index (χ1) is 17.7. The fourth-order valence-corrected chi connectivity index (χ4v) is 6.03. The summed E-state index contributed by atoms with van der Waals surface area (Å²) in [6.07, 6.45) is 6.09. The molecule has 1 aromatic carbocycles. The van der Waals surface area contributed by atoms with Crippen LogP contribution in [0, 0.1) is 29.4 Å². The predicted octanol–water partition coefficient (Wildman–Crippen LogP) is 4.53. The lowest BCUT2D eigenvalue weighted by molar-refractivity contribution is 0.0945. The van der Waals surface area contributed by atoms with Crippen molar-refractivity contribution in [2.75, 3.05) is 17.6 Å². The molecule has 2 amide bonds. The van der Waals surface area contributed by atoms with E-state index >= 15 is 0 Å². The number of anilines is 2. The van der Waals surface area contributed by atoms with Gasteiger partial charge in [0, 0.05) is 31.4 Å². The number of aryl methyl sites for hydroxylation is 1. The molecule has 3 aromatic rings. The summed E-state index contributed by atoms with van der Waals surface area (Å²) in [6, 6.07) is 5.16. The third-order valence-electron chi connectivity index (χ3n) is 7.54. The van der Waals surface area contributed by atoms with E-state index in [1.807, 2.05) is 0 Å². The molecule has 11 heteroatoms. The van der Waals surface area contributed by atoms with Gasteiger partial charge in [-0.1, -0.05) is 11.6 Å². The molecular formula is C26H27ClF2N6O2. The summed E-state index contributed by atoms with van der Waals surface area (Å²) in [5, 5.41) is 10.2. The largest absolute Gasteiger partial charge is 0.383 e. The van der Waals surface area contributed by atoms with Crippen LogP contribution in [0.15, 0.2) is 36.7 Å². The number of fused-ring (bicyclic) bond motifs is 1. The summed E-state index contributed by atoms with van der Waals surface area (Å²) in [4.78, 5) is 29.2. The van der Waals surface area contributed by atoms with Crippen molar-refractivity contribution in [3.63, 3.8) is 0 Å². The summed E-state index contributed by atoms with van der Waals surface area (Å²) in [7, 11) is 1.70. The summed E-state index contributed by atoms with van der Waals surface area (Å²) in [5.74, 6) is -0.245. The predicted molar refractivity (Wildman–Crippen MR) is 135 cm³/mol. The molecule has 2 atom stereocenters. The first-order valence-corrected chi connectivity index (χ1v) is 12.5. The Labute approximate surface area is 217 Å². The number of nitrogens with two attached hydrogens (primary N) is 1. The molecule has 2 heterocycles. The van der Waals surface area contributed by atoms with E-state index in [1.54, 1.807) is 7.05 Å². The van der Waals surface area contributed by atoms with Crippen LogP contribution in [-0.4, -0.2) is 33.1 Å². The topological polar surface area (TPSA) is 115 Å². The zero-order chi connectivity index (χ0) is 26.3. The van der Waals surface area contributed by atoms with E-state index in [1.165, 1.54) is 35.1 Å². The van der Waals surface area contributed by atoms with Crippen molar-refractivity contribution in [3.8, 4) is 0 Å². The normalized spacial score (nSPS) is 22.6. The van der Waals surface area contributed by atoms with Gasteiger partial charge in [-0.25, -0.2) is 8.78 Å². The second kappa shape index (κ2) is 10.1. The maximum Gasteiger partial charge on any atom is 0.261 e. The van der Waals surface area contributed by atoms with Crippen LogP contribution in [0.2, 0.25) is 5.02 Å². The zero-order valence-electron chi connectivity index (χ0n) is 20.2. The van der Waals surface area contributed by atoms with Crippen molar-refractivity contribution in [3.05, 3.63) is 70.1 Å². The molecule has 4 N–H and O–H groups in total. The average Bonchev–Trinajstić information content (AvgIpc) is 3.51. The molecular weight excluding hydrogens is 502 g/mol. The number of pyridine rings is 1. The number of hydrogen-bond donors (Lipinski definition) is 3. The van der Waals surface area contributed by atoms with Gasteiger partial charge in [-0.15, -0.1) is 0 Å². The molecule has 2 unspecified atom stereocenters. The van der Waals surface area contributed by atoms with Crippen molar-refractivity contribution < 1.29 is 18.4 Å². The molecule has 194 valence electrons. The lowest BCUT2D eigenvalue weighted by atomic mass is 9.93. The highest BCUT2D eigenvalue weighted by Crippen LogP contribution is 2.52. The molecule has 2 fully saturated rings. The Balaban J connectivity index is 1.22. The molecule has 0 saturated heterocycles. The van der Waals surface area contributed by atoms with Crippen molar-refractivity contribution in [2.45, 2.75) is 31.6 Å². The highest BCUT2D eigenvalue weighted by molar-refractivity contribution is 6.31. The number of carbonyl (C=O) groups excluding carboxylic acids is 2. The van der Waals surface area contributed by atoms with Crippen LogP contribution < -0.4 is 16.4 Å². The zero-order valence-corrected chi connectivity index (χ0v) is 20.9. The van der Waals surface area contributed by atoms with Crippen molar-refractivity contribution >= 4 is 34.9 Å². The van der Waals surface area contributed by atoms with Crippen LogP contribution in [-0.2, 0) is 7.05 Å². The molecule has 2 aliphatic carbocycles. The van der Waals surface area contributed by atoms with Gasteiger partial charge in [0.15, 0.2) is 0 Å². The molecule has 37 heavy (non-hydrogen) atoms. The maximum atomic E-state index is 13.5. The Hall–Kier alpha value is -3.53. The number of rotatable bonds is 6. The van der Waals surface area contributed by atoms with Gasteiger partial charge in [-0.2, -0.15) is 5.10 Å². The van der Waals surface area contributed by atoms with Gasteiger partial charge in [0.1, 0.15) is 23.0 Å². The molecule has 8 nitrogen and oxygen atoms in total. The molecule has 0 aliphatic heterocycles. The first-order valence-electron chi connectivity index (χ1n) is 12.2. The van der Waals surface area contributed by atoms with Gasteiger partial charge in [0.25, 0.3) is 11.8 Å². The lowest BCUT2D eigenvalue weighted by Crippen LogP contribution is -2.29. The minimum absolute atomic E-state index is 0.0841. The van der Waals surface area contributed by atoms with Crippen LogP contribution in [0.5, 0.6) is 0 Å². The average molecular weight is 529 g/mol. The molecule has 0 bridgehead atoms. The molecule has 5 rings (SSSR count). The van der Waals surface area contributed by atoms with E-state index in [2.05, 4.69) is 20.7 Å². The number of amides is 2. The Morgan fingerprint density at radius 3 is 2.51 bits per heavy atom. The monoisotopic (exact) mass is 528 g/mol. The Bertz CT molecular complexity index is 1350. The van der Waals surface area contributed by atoms with Gasteiger partial charge in [0.2, 0.25) is 0 Å². The molecule has 0 radical (unpaired) electrons. The van der Waals surface area contributed by atoms with Crippen LogP contribution in [0.3, 0.4) is 0 Å². The van der Waals surface area contributed by atoms with E-state index in [0.717, 1.165) is 31.9 Å². The number of halogens is 3. The highest BCUT2D eigenvalue weighted by Gasteiger charge is 2.44. The third-order valence-corrected chi connectivity index (χ3v) is 7.83. The molecule has 2 aromatic heterocycles. The van der Waals surface area contributed by atoms with Gasteiger partial charge in [0.05, 0.1) is 22.5 Å². The summed E-state index contributed by atoms with van der Waals surface area (Å²) in [5.41, 5.74) is 7.81. The number of hydrogen-bond acceptors (Lipinski definition) is 5. The van der Waals surface area contributed by atoms with Crippen LogP contribution in [0.1, 0.15) is 58.0 Å². The number of aromatic nitrogens is 3. The number of nitrogen functional groups attached to an aromatic ring is 1. The lowest BCUT2D eigenvalue weighted by Gasteiger charge is -2.15. The Morgan fingerprint density at radius 1 is 1.11 bits per heavy atom. The molecule has 2 saturated carbocycles. The number of carbonyl (C=O) groups is 2. The quantitative estimate of drug-likeness (QED) is 0.435. The SMILES string of the molecule is Cn1nc(C2CC3CC(CNC(=O)c4cncc(F)c4)CC3C2)c(C(=O)Nc2ccc(F)c(Cl)c2)c1N. The van der Waals surface area contributed by atoms with Crippen molar-refractivity contribution in [1.29, 1.82) is 0 Å². The van der Waals surface area contributed by atoms with Gasteiger partial charge in [-0.05, 0) is 67.7 Å². The smallest absolute Gasteiger partial charge is 0.261 e. The van der Waals surface area contributed by atoms with E-state index in [0.29, 0.717) is 41.2 Å². The first kappa shape index (κ1) is 25.1. The van der Waals surface area contributed by atoms with Gasteiger partial charge < -0.3 is 16.4 Å². The van der Waals surface area contributed by atoms with Crippen molar-refractivity contribution in [2.24, 2.45) is 24.8 Å². The minimum Gasteiger partial charge on any atom is -0.383 e. The maximum absolute atomic E-state index is 13.5. The summed E-state index contributed by atoms with van der Waals surface area (Å²) >= 11 is 5.85. The number of benzene rings is 1. The molecule has 2 aliphatic rings. The van der Waals surface area contributed by atoms with Gasteiger partial charge in [-0.3, -0.25) is 19.3 Å². The minimum atomic E-state index is -0.567. The second-order valence-corrected chi connectivity index (χ2v) is 10.4. The summed E-state index contributed by atoms with van der Waals surface area (Å²) in [6.45, 7) is 0.525. The number of nitrogens with zero attached hydrogens (tertiary/aromatic N) is 3. The van der Waals surface area contributed by atoms with E-state index in [9.17, 15) is 18.4 Å².